The molecule has 1 fully saturated rings. The molecule has 0 aliphatic carbocycles. The third kappa shape index (κ3) is 4.18. The molecule has 122 valence electrons. The van der Waals surface area contributed by atoms with Crippen LogP contribution in [0.15, 0.2) is 6.07 Å². The average molecular weight is 304 g/mol. The van der Waals surface area contributed by atoms with Crippen molar-refractivity contribution in [1.29, 1.82) is 0 Å². The van der Waals surface area contributed by atoms with E-state index >= 15 is 0 Å². The first-order valence-corrected chi connectivity index (χ1v) is 8.41. The van der Waals surface area contributed by atoms with E-state index in [0.717, 1.165) is 18.7 Å². The molecule has 2 rings (SSSR count). The Morgan fingerprint density at radius 1 is 1.41 bits per heavy atom. The van der Waals surface area contributed by atoms with Crippen molar-refractivity contribution in [1.82, 2.24) is 15.3 Å². The van der Waals surface area contributed by atoms with E-state index in [4.69, 9.17) is 0 Å². The highest BCUT2D eigenvalue weighted by molar-refractivity contribution is 5.92. The monoisotopic (exact) mass is 304 g/mol. The quantitative estimate of drug-likeness (QED) is 0.908. The summed E-state index contributed by atoms with van der Waals surface area (Å²) in [5.74, 6) is 1.03. The van der Waals surface area contributed by atoms with Gasteiger partial charge in [-0.05, 0) is 44.6 Å². The van der Waals surface area contributed by atoms with Crippen molar-refractivity contribution in [2.24, 2.45) is 5.92 Å². The van der Waals surface area contributed by atoms with E-state index in [2.05, 4.69) is 41.0 Å². The van der Waals surface area contributed by atoms with E-state index in [1.807, 2.05) is 6.92 Å². The summed E-state index contributed by atoms with van der Waals surface area (Å²) in [4.78, 5) is 23.6. The van der Waals surface area contributed by atoms with Crippen LogP contribution in [0.5, 0.6) is 0 Å². The van der Waals surface area contributed by atoms with Gasteiger partial charge in [0.15, 0.2) is 0 Å². The Morgan fingerprint density at radius 3 is 2.86 bits per heavy atom. The van der Waals surface area contributed by atoms with E-state index in [-0.39, 0.29) is 5.91 Å². The molecule has 1 amide bonds. The van der Waals surface area contributed by atoms with E-state index < -0.39 is 0 Å². The highest BCUT2D eigenvalue weighted by Gasteiger charge is 2.24. The molecule has 1 aromatic heterocycles. The Hall–Kier alpha value is -1.65. The zero-order valence-corrected chi connectivity index (χ0v) is 14.2. The van der Waals surface area contributed by atoms with Gasteiger partial charge in [0.05, 0.1) is 0 Å². The Morgan fingerprint density at radius 2 is 2.18 bits per heavy atom. The summed E-state index contributed by atoms with van der Waals surface area (Å²) in [6, 6.07) is 2.26. The fourth-order valence-corrected chi connectivity index (χ4v) is 2.87. The van der Waals surface area contributed by atoms with Crippen molar-refractivity contribution in [2.45, 2.75) is 59.4 Å². The number of hydrogen-bond acceptors (Lipinski definition) is 4. The van der Waals surface area contributed by atoms with Crippen molar-refractivity contribution in [2.75, 3.05) is 18.0 Å². The van der Waals surface area contributed by atoms with Crippen molar-refractivity contribution in [3.05, 3.63) is 17.5 Å². The fourth-order valence-electron chi connectivity index (χ4n) is 2.87. The third-order valence-electron chi connectivity index (χ3n) is 4.10. The molecule has 1 saturated heterocycles. The molecule has 5 nitrogen and oxygen atoms in total. The summed E-state index contributed by atoms with van der Waals surface area (Å²) in [7, 11) is 0. The van der Waals surface area contributed by atoms with Gasteiger partial charge in [-0.1, -0.05) is 20.8 Å². The number of aryl methyl sites for hydroxylation is 1. The van der Waals surface area contributed by atoms with Crippen LogP contribution in [0, 0.1) is 12.8 Å². The van der Waals surface area contributed by atoms with Crippen molar-refractivity contribution in [3.63, 3.8) is 0 Å². The van der Waals surface area contributed by atoms with Crippen LogP contribution < -0.4 is 10.2 Å². The maximum atomic E-state index is 12.3. The number of amides is 1. The SMILES string of the molecule is CCC1CCCCN1c1nc(C)cc(C(=O)NCC(C)C)n1. The summed E-state index contributed by atoms with van der Waals surface area (Å²) in [6.45, 7) is 9.94. The molecule has 2 heterocycles. The minimum atomic E-state index is -0.106. The lowest BCUT2D eigenvalue weighted by molar-refractivity contribution is 0.0943. The Labute approximate surface area is 133 Å². The number of aromatic nitrogens is 2. The minimum Gasteiger partial charge on any atom is -0.350 e. The highest BCUT2D eigenvalue weighted by Crippen LogP contribution is 2.24. The van der Waals surface area contributed by atoms with Crippen molar-refractivity contribution < 1.29 is 4.79 Å². The molecule has 1 unspecified atom stereocenters. The first-order chi connectivity index (χ1) is 10.5. The molecule has 22 heavy (non-hydrogen) atoms. The van der Waals surface area contributed by atoms with Gasteiger partial charge < -0.3 is 10.2 Å². The number of anilines is 1. The maximum absolute atomic E-state index is 12.3. The van der Waals surface area contributed by atoms with E-state index in [9.17, 15) is 4.79 Å². The molecule has 0 aromatic carbocycles. The van der Waals surface area contributed by atoms with Gasteiger partial charge in [0, 0.05) is 24.8 Å². The lowest BCUT2D eigenvalue weighted by atomic mass is 10.0. The smallest absolute Gasteiger partial charge is 0.270 e. The third-order valence-corrected chi connectivity index (χ3v) is 4.10. The van der Waals surface area contributed by atoms with Crippen LogP contribution in [0.2, 0.25) is 0 Å². The normalized spacial score (nSPS) is 18.6. The van der Waals surface area contributed by atoms with Crippen LogP contribution in [0.3, 0.4) is 0 Å². The second-order valence-corrected chi connectivity index (χ2v) is 6.55. The topological polar surface area (TPSA) is 58.1 Å². The average Bonchev–Trinajstić information content (AvgIpc) is 2.51. The van der Waals surface area contributed by atoms with Crippen molar-refractivity contribution in [3.8, 4) is 0 Å². The largest absolute Gasteiger partial charge is 0.350 e. The van der Waals surface area contributed by atoms with E-state index in [0.29, 0.717) is 30.1 Å². The lowest BCUT2D eigenvalue weighted by Crippen LogP contribution is -2.40. The summed E-state index contributed by atoms with van der Waals surface area (Å²) < 4.78 is 0. The molecule has 0 radical (unpaired) electrons. The molecule has 0 saturated carbocycles. The minimum absolute atomic E-state index is 0.106. The number of carbonyl (C=O) groups excluding carboxylic acids is 1. The van der Waals surface area contributed by atoms with Crippen LogP contribution in [-0.4, -0.2) is 35.0 Å². The number of carbonyl (C=O) groups is 1. The zero-order valence-electron chi connectivity index (χ0n) is 14.2. The molecule has 1 aliphatic rings. The Balaban J connectivity index is 2.20. The van der Waals surface area contributed by atoms with Gasteiger partial charge >= 0.3 is 0 Å². The van der Waals surface area contributed by atoms with Crippen LogP contribution in [-0.2, 0) is 0 Å². The number of piperidine rings is 1. The van der Waals surface area contributed by atoms with Gasteiger partial charge in [-0.2, -0.15) is 0 Å². The van der Waals surface area contributed by atoms with Crippen LogP contribution in [0.4, 0.5) is 5.95 Å². The van der Waals surface area contributed by atoms with Crippen LogP contribution in [0.25, 0.3) is 0 Å². The second kappa shape index (κ2) is 7.56. The standard InChI is InChI=1S/C17H28N4O/c1-5-14-8-6-7-9-21(14)17-19-13(4)10-15(20-17)16(22)18-11-12(2)3/h10,12,14H,5-9,11H2,1-4H3,(H,18,22). The van der Waals surface area contributed by atoms with Gasteiger partial charge in [-0.25, -0.2) is 9.97 Å². The molecule has 1 aromatic rings. The zero-order chi connectivity index (χ0) is 16.1. The fraction of sp³-hybridized carbons (Fsp3) is 0.706. The van der Waals surface area contributed by atoms with E-state index in [1.165, 1.54) is 19.3 Å². The van der Waals surface area contributed by atoms with Gasteiger partial charge in [-0.3, -0.25) is 4.79 Å². The van der Waals surface area contributed by atoms with Gasteiger partial charge in [0.1, 0.15) is 5.69 Å². The number of nitrogens with one attached hydrogen (secondary N) is 1. The molecule has 1 N–H and O–H groups in total. The first kappa shape index (κ1) is 16.7. The van der Waals surface area contributed by atoms with Gasteiger partial charge in [0.25, 0.3) is 5.91 Å². The second-order valence-electron chi connectivity index (χ2n) is 6.55. The maximum Gasteiger partial charge on any atom is 0.270 e. The Kier molecular flexibility index (Phi) is 5.75. The first-order valence-electron chi connectivity index (χ1n) is 8.41. The van der Waals surface area contributed by atoms with Gasteiger partial charge in [0.2, 0.25) is 5.95 Å². The molecule has 0 spiro atoms. The molecular formula is C17H28N4O. The Bertz CT molecular complexity index is 515. The molecule has 1 atom stereocenters. The predicted octanol–water partition coefficient (Wildman–Crippen LogP) is 2.94. The molecule has 5 heteroatoms. The van der Waals surface area contributed by atoms with Gasteiger partial charge in [-0.15, -0.1) is 0 Å². The number of nitrogens with zero attached hydrogens (tertiary/aromatic N) is 3. The number of rotatable bonds is 5. The summed E-state index contributed by atoms with van der Waals surface area (Å²) in [5, 5.41) is 2.93. The molecule has 1 aliphatic heterocycles. The van der Waals surface area contributed by atoms with Crippen molar-refractivity contribution >= 4 is 11.9 Å². The molecular weight excluding hydrogens is 276 g/mol. The molecule has 0 bridgehead atoms. The summed E-state index contributed by atoms with van der Waals surface area (Å²) in [5.41, 5.74) is 1.32. The highest BCUT2D eigenvalue weighted by atomic mass is 16.1. The lowest BCUT2D eigenvalue weighted by Gasteiger charge is -2.35. The van der Waals surface area contributed by atoms with Crippen LogP contribution in [0.1, 0.15) is 62.6 Å². The van der Waals surface area contributed by atoms with E-state index in [1.54, 1.807) is 6.07 Å². The predicted molar refractivity (Wildman–Crippen MR) is 89.2 cm³/mol. The summed E-state index contributed by atoms with van der Waals surface area (Å²) >= 11 is 0. The van der Waals surface area contributed by atoms with Crippen LogP contribution >= 0.6 is 0 Å². The summed E-state index contributed by atoms with van der Waals surface area (Å²) in [6.07, 6.45) is 4.71. The number of hydrogen-bond donors (Lipinski definition) is 1.